The van der Waals surface area contributed by atoms with Gasteiger partial charge >= 0.3 is 0 Å². The molecule has 33 heavy (non-hydrogen) atoms. The zero-order valence-corrected chi connectivity index (χ0v) is 18.8. The molecule has 2 aliphatic heterocycles. The van der Waals surface area contributed by atoms with Crippen molar-refractivity contribution in [2.24, 2.45) is 11.8 Å². The van der Waals surface area contributed by atoms with E-state index in [-0.39, 0.29) is 18.4 Å². The van der Waals surface area contributed by atoms with Gasteiger partial charge in [-0.15, -0.1) is 0 Å². The third-order valence-electron chi connectivity index (χ3n) is 6.62. The molecule has 5 rings (SSSR count). The van der Waals surface area contributed by atoms with Gasteiger partial charge < -0.3 is 10.0 Å². The smallest absolute Gasteiger partial charge is 0.290 e. The van der Waals surface area contributed by atoms with Crippen LogP contribution in [0.25, 0.3) is 0 Å². The summed E-state index contributed by atoms with van der Waals surface area (Å²) in [6.45, 7) is 6.21. The van der Waals surface area contributed by atoms with Gasteiger partial charge in [-0.05, 0) is 28.7 Å². The number of hydrogen-bond donors (Lipinski definition) is 1. The summed E-state index contributed by atoms with van der Waals surface area (Å²) >= 11 is 0. The summed E-state index contributed by atoms with van der Waals surface area (Å²) in [6, 6.07) is 21.6. The first-order chi connectivity index (χ1) is 16.1. The summed E-state index contributed by atoms with van der Waals surface area (Å²) in [6.07, 6.45) is 3.80. The van der Waals surface area contributed by atoms with E-state index in [2.05, 4.69) is 63.4 Å². The molecule has 7 heteroatoms. The third-order valence-corrected chi connectivity index (χ3v) is 6.62. The van der Waals surface area contributed by atoms with E-state index in [0.717, 1.165) is 32.7 Å². The molecule has 3 atom stereocenters. The molecule has 2 fully saturated rings. The molecule has 3 heterocycles. The van der Waals surface area contributed by atoms with Crippen LogP contribution in [0.2, 0.25) is 0 Å². The lowest BCUT2D eigenvalue weighted by molar-refractivity contribution is -0.130. The normalized spacial score (nSPS) is 21.8. The number of aromatic nitrogens is 2. The zero-order chi connectivity index (χ0) is 23.2. The van der Waals surface area contributed by atoms with Crippen molar-refractivity contribution in [3.63, 3.8) is 0 Å². The monoisotopic (exact) mass is 446 g/mol. The number of rotatable bonds is 5. The molecule has 0 aliphatic carbocycles. The first kappa shape index (κ1) is 22.7. The number of benzene rings is 2. The molecule has 172 valence electrons. The van der Waals surface area contributed by atoms with Gasteiger partial charge in [-0.1, -0.05) is 54.6 Å². The molecule has 1 aromatic heterocycles. The van der Waals surface area contributed by atoms with E-state index in [4.69, 9.17) is 9.90 Å². The highest BCUT2D eigenvalue weighted by Gasteiger charge is 2.48. The Morgan fingerprint density at radius 3 is 2.27 bits per heavy atom. The molecule has 0 bridgehead atoms. The lowest BCUT2D eigenvalue weighted by atomic mass is 9.89. The highest BCUT2D eigenvalue weighted by molar-refractivity contribution is 5.74. The highest BCUT2D eigenvalue weighted by Crippen LogP contribution is 2.45. The summed E-state index contributed by atoms with van der Waals surface area (Å²) in [5.41, 5.74) is 3.88. The topological polar surface area (TPSA) is 78.7 Å². The predicted molar refractivity (Wildman–Crippen MR) is 125 cm³/mol. The van der Waals surface area contributed by atoms with Gasteiger partial charge in [0.05, 0.1) is 12.6 Å². The van der Waals surface area contributed by atoms with Crippen LogP contribution < -0.4 is 0 Å². The maximum Gasteiger partial charge on any atom is 0.290 e. The standard InChI is InChI=1S/C25H28N4O.CH2O2/c1-19(30)29-17-23-16-27(18-24(23)25(29)22-6-3-2-4-7-22)14-20-8-10-21(11-9-20)15-28-13-5-12-26-28;2-1-3/h2-13,23-25H,14-18H2,1H3;1H,(H,2,3)/t23-,24-,25+;/m1./s1. The first-order valence-corrected chi connectivity index (χ1v) is 11.3. The van der Waals surface area contributed by atoms with Gasteiger partial charge in [0.1, 0.15) is 0 Å². The molecule has 2 aromatic carbocycles. The van der Waals surface area contributed by atoms with E-state index in [1.54, 1.807) is 6.92 Å². The van der Waals surface area contributed by atoms with Crippen LogP contribution in [-0.2, 0) is 22.7 Å². The molecule has 7 nitrogen and oxygen atoms in total. The minimum Gasteiger partial charge on any atom is -0.483 e. The highest BCUT2D eigenvalue weighted by atomic mass is 16.3. The molecule has 0 saturated carbocycles. The Bertz CT molecular complexity index is 1040. The number of carbonyl (C=O) groups is 2. The maximum atomic E-state index is 12.3. The van der Waals surface area contributed by atoms with Crippen molar-refractivity contribution in [3.8, 4) is 0 Å². The second kappa shape index (κ2) is 10.4. The van der Waals surface area contributed by atoms with Crippen molar-refractivity contribution in [2.75, 3.05) is 19.6 Å². The van der Waals surface area contributed by atoms with Crippen LogP contribution in [0.1, 0.15) is 29.7 Å². The molecule has 1 amide bonds. The van der Waals surface area contributed by atoms with E-state index in [1.807, 2.05) is 29.2 Å². The summed E-state index contributed by atoms with van der Waals surface area (Å²) < 4.78 is 1.95. The fraction of sp³-hybridized carbons (Fsp3) is 0.346. The molecule has 2 saturated heterocycles. The number of likely N-dealkylation sites (tertiary alicyclic amines) is 2. The number of hydrogen-bond acceptors (Lipinski definition) is 4. The molecule has 0 spiro atoms. The van der Waals surface area contributed by atoms with Crippen molar-refractivity contribution in [1.29, 1.82) is 0 Å². The molecular weight excluding hydrogens is 416 g/mol. The number of fused-ring (bicyclic) bond motifs is 1. The lowest BCUT2D eigenvalue weighted by Crippen LogP contribution is -2.34. The number of nitrogens with zero attached hydrogens (tertiary/aromatic N) is 4. The Balaban J connectivity index is 0.000000821. The molecule has 0 unspecified atom stereocenters. The average Bonchev–Trinajstić information content (AvgIpc) is 3.53. The lowest BCUT2D eigenvalue weighted by Gasteiger charge is -2.29. The van der Waals surface area contributed by atoms with Gasteiger partial charge in [0, 0.05) is 51.4 Å². The fourth-order valence-corrected chi connectivity index (χ4v) is 5.26. The van der Waals surface area contributed by atoms with Crippen LogP contribution in [0.15, 0.2) is 73.1 Å². The molecule has 3 aromatic rings. The van der Waals surface area contributed by atoms with Gasteiger partial charge in [-0.3, -0.25) is 19.2 Å². The van der Waals surface area contributed by atoms with Gasteiger partial charge in [-0.2, -0.15) is 5.10 Å². The van der Waals surface area contributed by atoms with Crippen LogP contribution in [0.4, 0.5) is 0 Å². The number of amides is 1. The van der Waals surface area contributed by atoms with Crippen molar-refractivity contribution in [1.82, 2.24) is 19.6 Å². The number of carboxylic acid groups (broad SMARTS) is 1. The van der Waals surface area contributed by atoms with Crippen LogP contribution in [-0.4, -0.2) is 56.7 Å². The van der Waals surface area contributed by atoms with E-state index >= 15 is 0 Å². The van der Waals surface area contributed by atoms with Gasteiger partial charge in [-0.25, -0.2) is 0 Å². The molecule has 2 aliphatic rings. The van der Waals surface area contributed by atoms with Gasteiger partial charge in [0.2, 0.25) is 5.91 Å². The Hall–Kier alpha value is -3.45. The summed E-state index contributed by atoms with van der Waals surface area (Å²) in [7, 11) is 0. The molecular formula is C26H30N4O3. The van der Waals surface area contributed by atoms with Crippen molar-refractivity contribution in [2.45, 2.75) is 26.1 Å². The first-order valence-electron chi connectivity index (χ1n) is 11.3. The fourth-order valence-electron chi connectivity index (χ4n) is 5.26. The predicted octanol–water partition coefficient (Wildman–Crippen LogP) is 3.28. The largest absolute Gasteiger partial charge is 0.483 e. The van der Waals surface area contributed by atoms with Crippen molar-refractivity contribution >= 4 is 12.4 Å². The van der Waals surface area contributed by atoms with Crippen molar-refractivity contribution in [3.05, 3.63) is 89.7 Å². The second-order valence-corrected chi connectivity index (χ2v) is 8.77. The SMILES string of the molecule is CC(=O)N1C[C@H]2CN(Cc3ccc(Cn4cccn4)cc3)C[C@H]2[C@@H]1c1ccccc1.O=CO. The Morgan fingerprint density at radius 2 is 1.67 bits per heavy atom. The minimum atomic E-state index is -0.250. The van der Waals surface area contributed by atoms with E-state index in [0.29, 0.717) is 11.8 Å². The second-order valence-electron chi connectivity index (χ2n) is 8.77. The third kappa shape index (κ3) is 5.31. The Morgan fingerprint density at radius 1 is 1.00 bits per heavy atom. The van der Waals surface area contributed by atoms with E-state index < -0.39 is 0 Å². The maximum absolute atomic E-state index is 12.3. The van der Waals surface area contributed by atoms with Gasteiger partial charge in [0.25, 0.3) is 6.47 Å². The van der Waals surface area contributed by atoms with Crippen LogP contribution in [0.5, 0.6) is 0 Å². The van der Waals surface area contributed by atoms with Crippen LogP contribution in [0.3, 0.4) is 0 Å². The summed E-state index contributed by atoms with van der Waals surface area (Å²) in [5.74, 6) is 1.26. The molecule has 1 N–H and O–H groups in total. The summed E-state index contributed by atoms with van der Waals surface area (Å²) in [4.78, 5) is 25.3. The van der Waals surface area contributed by atoms with E-state index in [9.17, 15) is 4.79 Å². The van der Waals surface area contributed by atoms with Crippen LogP contribution in [0, 0.1) is 11.8 Å². The van der Waals surface area contributed by atoms with Gasteiger partial charge in [0.15, 0.2) is 0 Å². The number of carbonyl (C=O) groups excluding carboxylic acids is 1. The summed E-state index contributed by atoms with van der Waals surface area (Å²) in [5, 5.41) is 11.2. The Kier molecular flexibility index (Phi) is 7.19. The van der Waals surface area contributed by atoms with E-state index in [1.165, 1.54) is 16.7 Å². The molecule has 0 radical (unpaired) electrons. The average molecular weight is 447 g/mol. The Labute approximate surface area is 194 Å². The quantitative estimate of drug-likeness (QED) is 0.609. The van der Waals surface area contributed by atoms with Crippen molar-refractivity contribution < 1.29 is 14.7 Å². The minimum absolute atomic E-state index is 0.192. The zero-order valence-electron chi connectivity index (χ0n) is 18.8. The van der Waals surface area contributed by atoms with Crippen LogP contribution >= 0.6 is 0 Å².